The first kappa shape index (κ1) is 28.0. The molecule has 0 fully saturated rings. The van der Waals surface area contributed by atoms with Crippen LogP contribution in [-0.2, 0) is 0 Å². The summed E-state index contributed by atoms with van der Waals surface area (Å²) in [5, 5.41) is 0. The van der Waals surface area contributed by atoms with Gasteiger partial charge < -0.3 is 0 Å². The monoisotopic (exact) mass is 542 g/mol. The Bertz CT molecular complexity index is 996. The van der Waals surface area contributed by atoms with Crippen LogP contribution in [0.5, 0.6) is 0 Å². The van der Waals surface area contributed by atoms with E-state index < -0.39 is 114 Å². The summed E-state index contributed by atoms with van der Waals surface area (Å²) in [6.07, 6.45) is 0.799. The summed E-state index contributed by atoms with van der Waals surface area (Å²) in [6.45, 7) is 5.83. The highest BCUT2D eigenvalue weighted by atomic mass is 32.2. The third-order valence-corrected chi connectivity index (χ3v) is 6.56. The third kappa shape index (κ3) is 4.92. The highest BCUT2D eigenvalue weighted by molar-refractivity contribution is 7.99. The van der Waals surface area contributed by atoms with Crippen LogP contribution in [0.4, 0.5) is 52.7 Å². The van der Waals surface area contributed by atoms with Gasteiger partial charge in [-0.25, -0.2) is 35.1 Å². The molecule has 2 aromatic carbocycles. The normalized spacial score (nSPS) is 12.2. The highest BCUT2D eigenvalue weighted by Gasteiger charge is 2.56. The fourth-order valence-corrected chi connectivity index (χ4v) is 4.34. The van der Waals surface area contributed by atoms with Crippen LogP contribution in [0.2, 0.25) is 0 Å². The van der Waals surface area contributed by atoms with E-state index in [4.69, 9.17) is 0 Å². The van der Waals surface area contributed by atoms with E-state index in [9.17, 15) is 52.7 Å². The van der Waals surface area contributed by atoms with Crippen molar-refractivity contribution in [3.8, 4) is 0 Å². The first-order chi connectivity index (χ1) is 15.6. The average Bonchev–Trinajstić information content (AvgIpc) is 2.77. The number of halogens is 12. The van der Waals surface area contributed by atoms with Crippen molar-refractivity contribution < 1.29 is 52.7 Å². The fourth-order valence-electron chi connectivity index (χ4n) is 2.41. The van der Waals surface area contributed by atoms with Crippen LogP contribution in [0.25, 0.3) is 12.2 Å². The largest absolute Gasteiger partial charge is 0.320 e. The molecular weight excluding hydrogens is 532 g/mol. The Labute approximate surface area is 192 Å². The first-order valence-electron chi connectivity index (χ1n) is 8.60. The zero-order chi connectivity index (χ0) is 26.2. The topological polar surface area (TPSA) is 0 Å². The van der Waals surface area contributed by atoms with E-state index in [-0.39, 0.29) is 0 Å². The standard InChI is InChI=1S/C20H10F12S2/c1-3-7-9(21)13(25)17(14(26)10(7)22)33-5-19(29,30)20(31,32)6-34-18-15(27)11(23)8(4-2)12(24)16(18)28/h3-4H,1-2,5-6H2. The molecule has 0 unspecified atom stereocenters. The van der Waals surface area contributed by atoms with Gasteiger partial charge in [0, 0.05) is 0 Å². The van der Waals surface area contributed by atoms with E-state index in [0.29, 0.717) is 12.2 Å². The maximum Gasteiger partial charge on any atom is 0.320 e. The van der Waals surface area contributed by atoms with Gasteiger partial charge in [-0.15, -0.1) is 23.5 Å². The molecule has 186 valence electrons. The zero-order valence-electron chi connectivity index (χ0n) is 16.3. The molecule has 14 heteroatoms. The van der Waals surface area contributed by atoms with Crippen LogP contribution in [0.3, 0.4) is 0 Å². The van der Waals surface area contributed by atoms with Crippen LogP contribution in [0, 0.1) is 46.5 Å². The maximum atomic E-state index is 14.1. The maximum absolute atomic E-state index is 14.1. The lowest BCUT2D eigenvalue weighted by Crippen LogP contribution is -2.44. The van der Waals surface area contributed by atoms with Gasteiger partial charge in [0.05, 0.1) is 32.4 Å². The van der Waals surface area contributed by atoms with E-state index in [1.807, 2.05) is 0 Å². The number of hydrogen-bond acceptors (Lipinski definition) is 2. The second kappa shape index (κ2) is 10.2. The summed E-state index contributed by atoms with van der Waals surface area (Å²) in [5.41, 5.74) is -2.50. The van der Waals surface area contributed by atoms with Gasteiger partial charge in [-0.3, -0.25) is 0 Å². The van der Waals surface area contributed by atoms with Crippen LogP contribution < -0.4 is 0 Å². The van der Waals surface area contributed by atoms with Gasteiger partial charge in [-0.05, 0) is 0 Å². The van der Waals surface area contributed by atoms with Gasteiger partial charge in [-0.2, -0.15) is 17.6 Å². The van der Waals surface area contributed by atoms with E-state index >= 15 is 0 Å². The van der Waals surface area contributed by atoms with Gasteiger partial charge in [-0.1, -0.05) is 25.3 Å². The lowest BCUT2D eigenvalue weighted by molar-refractivity contribution is -0.179. The van der Waals surface area contributed by atoms with Crippen LogP contribution in [-0.4, -0.2) is 23.4 Å². The van der Waals surface area contributed by atoms with Crippen molar-refractivity contribution in [1.82, 2.24) is 0 Å². The molecule has 0 spiro atoms. The molecule has 0 saturated heterocycles. The van der Waals surface area contributed by atoms with Crippen molar-refractivity contribution in [2.45, 2.75) is 21.6 Å². The van der Waals surface area contributed by atoms with Crippen molar-refractivity contribution >= 4 is 35.7 Å². The predicted molar refractivity (Wildman–Crippen MR) is 104 cm³/mol. The number of thioether (sulfide) groups is 2. The van der Waals surface area contributed by atoms with Crippen molar-refractivity contribution in [2.24, 2.45) is 0 Å². The van der Waals surface area contributed by atoms with Crippen LogP contribution >= 0.6 is 23.5 Å². The molecule has 0 nitrogen and oxygen atoms in total. The molecule has 2 rings (SSSR count). The first-order valence-corrected chi connectivity index (χ1v) is 10.6. The molecule has 0 aliphatic heterocycles. The summed E-state index contributed by atoms with van der Waals surface area (Å²) < 4.78 is 167. The second-order valence-electron chi connectivity index (χ2n) is 6.39. The number of benzene rings is 2. The third-order valence-electron chi connectivity index (χ3n) is 4.25. The molecule has 0 radical (unpaired) electrons. The molecule has 0 aliphatic carbocycles. The minimum Gasteiger partial charge on any atom is -0.203 e. The van der Waals surface area contributed by atoms with E-state index in [0.717, 1.165) is 0 Å². The Morgan fingerprint density at radius 1 is 0.500 bits per heavy atom. The number of hydrogen-bond donors (Lipinski definition) is 0. The lowest BCUT2D eigenvalue weighted by atomic mass is 10.2. The van der Waals surface area contributed by atoms with E-state index in [2.05, 4.69) is 13.2 Å². The molecule has 0 amide bonds. The SMILES string of the molecule is C=Cc1c(F)c(F)c(SCC(F)(F)C(F)(F)CSc2c(F)c(F)c(C=C)c(F)c2F)c(F)c1F. The fraction of sp³-hybridized carbons (Fsp3) is 0.200. The molecule has 0 aliphatic rings. The highest BCUT2D eigenvalue weighted by Crippen LogP contribution is 2.44. The minimum absolute atomic E-state index is 0.400. The van der Waals surface area contributed by atoms with Gasteiger partial charge in [0.2, 0.25) is 0 Å². The summed E-state index contributed by atoms with van der Waals surface area (Å²) in [5.74, 6) is -31.1. The lowest BCUT2D eigenvalue weighted by Gasteiger charge is -2.26. The summed E-state index contributed by atoms with van der Waals surface area (Å²) in [7, 11) is 0. The Hall–Kier alpha value is -2.22. The zero-order valence-corrected chi connectivity index (χ0v) is 18.0. The minimum atomic E-state index is -5.17. The Morgan fingerprint density at radius 3 is 0.941 bits per heavy atom. The summed E-state index contributed by atoms with van der Waals surface area (Å²) in [4.78, 5) is -3.32. The summed E-state index contributed by atoms with van der Waals surface area (Å²) >= 11 is -1.38. The van der Waals surface area contributed by atoms with Crippen molar-refractivity contribution in [1.29, 1.82) is 0 Å². The van der Waals surface area contributed by atoms with Crippen molar-refractivity contribution in [3.63, 3.8) is 0 Å². The average molecular weight is 542 g/mol. The molecule has 0 N–H and O–H groups in total. The molecule has 2 aromatic rings. The van der Waals surface area contributed by atoms with Crippen molar-refractivity contribution in [3.05, 3.63) is 70.8 Å². The Morgan fingerprint density at radius 2 is 0.735 bits per heavy atom. The Balaban J connectivity index is 2.29. The van der Waals surface area contributed by atoms with Gasteiger partial charge in [0.1, 0.15) is 0 Å². The summed E-state index contributed by atoms with van der Waals surface area (Å²) in [6, 6.07) is 0. The molecule has 0 aromatic heterocycles. The smallest absolute Gasteiger partial charge is 0.203 e. The van der Waals surface area contributed by atoms with Gasteiger partial charge in [0.15, 0.2) is 46.5 Å². The van der Waals surface area contributed by atoms with E-state index in [1.54, 1.807) is 0 Å². The number of rotatable bonds is 9. The van der Waals surface area contributed by atoms with Gasteiger partial charge in [0.25, 0.3) is 0 Å². The molecular formula is C20H10F12S2. The molecule has 0 saturated carbocycles. The molecule has 0 atom stereocenters. The van der Waals surface area contributed by atoms with Crippen molar-refractivity contribution in [2.75, 3.05) is 11.5 Å². The molecule has 0 bridgehead atoms. The predicted octanol–water partition coefficient (Wildman–Crippen LogP) is 8.24. The quantitative estimate of drug-likeness (QED) is 0.178. The Kier molecular flexibility index (Phi) is 8.39. The van der Waals surface area contributed by atoms with E-state index in [1.165, 1.54) is 0 Å². The molecule has 34 heavy (non-hydrogen) atoms. The van der Waals surface area contributed by atoms with Crippen LogP contribution in [0.1, 0.15) is 11.1 Å². The molecule has 0 heterocycles. The van der Waals surface area contributed by atoms with Gasteiger partial charge >= 0.3 is 11.8 Å². The number of alkyl halides is 4. The van der Waals surface area contributed by atoms with Crippen LogP contribution in [0.15, 0.2) is 22.9 Å². The second-order valence-corrected chi connectivity index (χ2v) is 8.36.